The fourth-order valence-electron chi connectivity index (χ4n) is 2.06. The Labute approximate surface area is 126 Å². The topological polar surface area (TPSA) is 53.6 Å². The zero-order valence-electron chi connectivity index (χ0n) is 10.7. The summed E-state index contributed by atoms with van der Waals surface area (Å²) in [5, 5.41) is 17.0. The van der Waals surface area contributed by atoms with Gasteiger partial charge in [0.05, 0.1) is 15.8 Å². The van der Waals surface area contributed by atoms with Crippen LogP contribution in [0.3, 0.4) is 0 Å². The van der Waals surface area contributed by atoms with Gasteiger partial charge in [-0.15, -0.1) is 0 Å². The molecule has 1 N–H and O–H groups in total. The summed E-state index contributed by atoms with van der Waals surface area (Å²) in [5.41, 5.74) is 0.320. The minimum atomic E-state index is -0.668. The number of benzene rings is 1. The van der Waals surface area contributed by atoms with Gasteiger partial charge >= 0.3 is 0 Å². The lowest BCUT2D eigenvalue weighted by Crippen LogP contribution is -2.39. The quantitative estimate of drug-likeness (QED) is 0.828. The highest BCUT2D eigenvalue weighted by atomic mass is 127. The third-order valence-corrected chi connectivity index (χ3v) is 3.76. The van der Waals surface area contributed by atoms with Gasteiger partial charge in [0.1, 0.15) is 5.54 Å². The second kappa shape index (κ2) is 6.17. The Morgan fingerprint density at radius 3 is 2.68 bits per heavy atom. The van der Waals surface area contributed by atoms with Gasteiger partial charge in [0, 0.05) is 19.2 Å². The second-order valence-electron chi connectivity index (χ2n) is 4.30. The fraction of sp³-hybridized carbons (Fsp3) is 0.286. The highest BCUT2D eigenvalue weighted by Gasteiger charge is 2.30. The molecule has 98 valence electrons. The molecule has 5 heteroatoms. The summed E-state index contributed by atoms with van der Waals surface area (Å²) >= 11 is 2.23. The standard InChI is InChI=1S/C14H15IN4/c1-17-14(11-16,12-5-3-2-4-6-12)7-8-19-10-13(15)9-18-19/h2-6,9-10,17H,7-8H2,1H3. The maximum absolute atomic E-state index is 9.57. The molecular formula is C14H15IN4. The number of rotatable bonds is 5. The monoisotopic (exact) mass is 366 g/mol. The summed E-state index contributed by atoms with van der Waals surface area (Å²) in [5.74, 6) is 0. The van der Waals surface area contributed by atoms with E-state index in [0.29, 0.717) is 13.0 Å². The van der Waals surface area contributed by atoms with Crippen molar-refractivity contribution in [1.82, 2.24) is 15.1 Å². The van der Waals surface area contributed by atoms with Crippen molar-refractivity contribution in [3.63, 3.8) is 0 Å². The molecule has 1 heterocycles. The highest BCUT2D eigenvalue weighted by molar-refractivity contribution is 14.1. The first-order valence-corrected chi connectivity index (χ1v) is 7.12. The third-order valence-electron chi connectivity index (χ3n) is 3.20. The largest absolute Gasteiger partial charge is 0.299 e. The zero-order chi connectivity index (χ0) is 13.7. The maximum Gasteiger partial charge on any atom is 0.133 e. The minimum absolute atomic E-state index is 0.668. The van der Waals surface area contributed by atoms with Crippen LogP contribution < -0.4 is 5.32 Å². The van der Waals surface area contributed by atoms with Gasteiger partial charge in [0.2, 0.25) is 0 Å². The van der Waals surface area contributed by atoms with Crippen LogP contribution in [0.5, 0.6) is 0 Å². The van der Waals surface area contributed by atoms with Gasteiger partial charge in [0.25, 0.3) is 0 Å². The number of hydrogen-bond acceptors (Lipinski definition) is 3. The van der Waals surface area contributed by atoms with Crippen LogP contribution >= 0.6 is 22.6 Å². The number of hydrogen-bond donors (Lipinski definition) is 1. The molecule has 1 aromatic carbocycles. The van der Waals surface area contributed by atoms with E-state index >= 15 is 0 Å². The first-order chi connectivity index (χ1) is 9.20. The van der Waals surface area contributed by atoms with Crippen LogP contribution in [0.4, 0.5) is 0 Å². The molecule has 0 saturated carbocycles. The number of halogens is 1. The highest BCUT2D eigenvalue weighted by Crippen LogP contribution is 2.24. The average molecular weight is 366 g/mol. The molecule has 0 aliphatic carbocycles. The van der Waals surface area contributed by atoms with Crippen molar-refractivity contribution in [2.75, 3.05) is 7.05 Å². The smallest absolute Gasteiger partial charge is 0.133 e. The molecule has 2 rings (SSSR count). The lowest BCUT2D eigenvalue weighted by Gasteiger charge is -2.26. The lowest BCUT2D eigenvalue weighted by atomic mass is 9.88. The number of aromatic nitrogens is 2. The van der Waals surface area contributed by atoms with Crippen LogP contribution in [0.25, 0.3) is 0 Å². The van der Waals surface area contributed by atoms with E-state index in [2.05, 4.69) is 39.1 Å². The van der Waals surface area contributed by atoms with Crippen molar-refractivity contribution in [2.45, 2.75) is 18.5 Å². The van der Waals surface area contributed by atoms with E-state index < -0.39 is 5.54 Å². The summed E-state index contributed by atoms with van der Waals surface area (Å²) in [7, 11) is 1.82. The third kappa shape index (κ3) is 3.14. The van der Waals surface area contributed by atoms with E-state index in [1.165, 1.54) is 0 Å². The Balaban J connectivity index is 2.19. The molecule has 0 amide bonds. The maximum atomic E-state index is 9.57. The molecule has 0 spiro atoms. The van der Waals surface area contributed by atoms with Crippen molar-refractivity contribution < 1.29 is 0 Å². The van der Waals surface area contributed by atoms with Crippen LogP contribution in [-0.4, -0.2) is 16.8 Å². The predicted octanol–water partition coefficient (Wildman–Crippen LogP) is 2.52. The minimum Gasteiger partial charge on any atom is -0.299 e. The first kappa shape index (κ1) is 14.0. The van der Waals surface area contributed by atoms with Crippen LogP contribution in [0.1, 0.15) is 12.0 Å². The molecular weight excluding hydrogens is 351 g/mol. The molecule has 1 unspecified atom stereocenters. The molecule has 0 fully saturated rings. The molecule has 19 heavy (non-hydrogen) atoms. The number of nitrogens with zero attached hydrogens (tertiary/aromatic N) is 3. The van der Waals surface area contributed by atoms with Crippen molar-refractivity contribution in [2.24, 2.45) is 0 Å². The Hall–Kier alpha value is -1.39. The summed E-state index contributed by atoms with van der Waals surface area (Å²) in [6.45, 7) is 0.701. The molecule has 1 atom stereocenters. The van der Waals surface area contributed by atoms with Gasteiger partial charge in [-0.25, -0.2) is 0 Å². The van der Waals surface area contributed by atoms with Crippen LogP contribution in [-0.2, 0) is 12.1 Å². The molecule has 0 bridgehead atoms. The van der Waals surface area contributed by atoms with Gasteiger partial charge < -0.3 is 0 Å². The Kier molecular flexibility index (Phi) is 4.56. The van der Waals surface area contributed by atoms with E-state index in [4.69, 9.17) is 0 Å². The van der Waals surface area contributed by atoms with Gasteiger partial charge in [-0.05, 0) is 35.2 Å². The van der Waals surface area contributed by atoms with Gasteiger partial charge in [0.15, 0.2) is 0 Å². The zero-order valence-corrected chi connectivity index (χ0v) is 12.8. The molecule has 0 saturated heterocycles. The molecule has 0 aliphatic rings. The van der Waals surface area contributed by atoms with Gasteiger partial charge in [-0.1, -0.05) is 30.3 Å². The SMILES string of the molecule is CNC(C#N)(CCn1cc(I)cn1)c1ccccc1. The average Bonchev–Trinajstić information content (AvgIpc) is 2.88. The number of aryl methyl sites for hydroxylation is 1. The van der Waals surface area contributed by atoms with E-state index in [1.54, 1.807) is 0 Å². The van der Waals surface area contributed by atoms with Gasteiger partial charge in [-0.2, -0.15) is 10.4 Å². The lowest BCUT2D eigenvalue weighted by molar-refractivity contribution is 0.390. The van der Waals surface area contributed by atoms with E-state index in [1.807, 2.05) is 54.5 Å². The molecule has 0 radical (unpaired) electrons. The molecule has 0 aliphatic heterocycles. The summed E-state index contributed by atoms with van der Waals surface area (Å²) in [6.07, 6.45) is 4.46. The van der Waals surface area contributed by atoms with Crippen LogP contribution in [0, 0.1) is 14.9 Å². The van der Waals surface area contributed by atoms with Crippen molar-refractivity contribution >= 4 is 22.6 Å². The fourth-order valence-corrected chi connectivity index (χ4v) is 2.50. The Morgan fingerprint density at radius 2 is 2.16 bits per heavy atom. The Bertz CT molecular complexity index is 573. The summed E-state index contributed by atoms with van der Waals surface area (Å²) < 4.78 is 2.97. The van der Waals surface area contributed by atoms with Crippen molar-refractivity contribution in [1.29, 1.82) is 5.26 Å². The Morgan fingerprint density at radius 1 is 1.42 bits per heavy atom. The van der Waals surface area contributed by atoms with Crippen molar-refractivity contribution in [3.05, 3.63) is 51.9 Å². The number of nitriles is 1. The first-order valence-electron chi connectivity index (χ1n) is 6.04. The molecule has 4 nitrogen and oxygen atoms in total. The molecule has 2 aromatic rings. The second-order valence-corrected chi connectivity index (χ2v) is 5.55. The van der Waals surface area contributed by atoms with E-state index in [9.17, 15) is 5.26 Å². The summed E-state index contributed by atoms with van der Waals surface area (Å²) in [6, 6.07) is 12.2. The van der Waals surface area contributed by atoms with E-state index in [0.717, 1.165) is 9.13 Å². The van der Waals surface area contributed by atoms with Crippen LogP contribution in [0.15, 0.2) is 42.7 Å². The van der Waals surface area contributed by atoms with Crippen LogP contribution in [0.2, 0.25) is 0 Å². The normalized spacial score (nSPS) is 13.7. The summed E-state index contributed by atoms with van der Waals surface area (Å²) in [4.78, 5) is 0. The number of nitrogens with one attached hydrogen (secondary N) is 1. The van der Waals surface area contributed by atoms with Crippen molar-refractivity contribution in [3.8, 4) is 6.07 Å². The predicted molar refractivity (Wildman–Crippen MR) is 82.4 cm³/mol. The van der Waals surface area contributed by atoms with E-state index in [-0.39, 0.29) is 0 Å². The molecule has 1 aromatic heterocycles. The van der Waals surface area contributed by atoms with Gasteiger partial charge in [-0.3, -0.25) is 10.00 Å².